The Morgan fingerprint density at radius 2 is 2.17 bits per heavy atom. The van der Waals surface area contributed by atoms with E-state index in [1.807, 2.05) is 0 Å². The number of sulfonamides is 1. The lowest BCUT2D eigenvalue weighted by atomic mass is 10.2. The van der Waals surface area contributed by atoms with Gasteiger partial charge in [0.2, 0.25) is 0 Å². The molecule has 0 unspecified atom stereocenters. The van der Waals surface area contributed by atoms with Crippen LogP contribution in [0.2, 0.25) is 0 Å². The Balaban J connectivity index is 1.98. The van der Waals surface area contributed by atoms with Crippen LogP contribution >= 0.6 is 28.1 Å². The summed E-state index contributed by atoms with van der Waals surface area (Å²) in [5.41, 5.74) is 0.334. The first kappa shape index (κ1) is 16.0. The quantitative estimate of drug-likeness (QED) is 0.649. The molecule has 7 nitrogen and oxygen atoms in total. The van der Waals surface area contributed by atoms with Gasteiger partial charge in [-0.05, 0) is 30.4 Å². The number of carboxylic acid groups (broad SMARTS) is 1. The second-order valence-electron chi connectivity index (χ2n) is 4.54. The Kier molecular flexibility index (Phi) is 4.13. The summed E-state index contributed by atoms with van der Waals surface area (Å²) in [5.74, 6) is -1.22. The first-order valence-corrected chi connectivity index (χ1v) is 9.30. The molecule has 0 saturated heterocycles. The molecule has 3 rings (SSSR count). The highest BCUT2D eigenvalue weighted by atomic mass is 79.9. The fourth-order valence-corrected chi connectivity index (χ4v) is 4.39. The maximum absolute atomic E-state index is 12.6. The summed E-state index contributed by atoms with van der Waals surface area (Å²) in [4.78, 5) is 11.4. The lowest BCUT2D eigenvalue weighted by molar-refractivity contribution is 0.0698. The molecule has 0 atom stereocenters. The van der Waals surface area contributed by atoms with Crippen LogP contribution in [0.4, 0.5) is 5.69 Å². The second-order valence-corrected chi connectivity index (χ2v) is 7.92. The average molecular weight is 416 g/mol. The number of rotatable bonds is 4. The molecule has 1 aromatic carbocycles. The van der Waals surface area contributed by atoms with Crippen molar-refractivity contribution in [3.8, 4) is 0 Å². The molecule has 23 heavy (non-hydrogen) atoms. The van der Waals surface area contributed by atoms with Crippen molar-refractivity contribution < 1.29 is 18.3 Å². The molecule has 0 radical (unpaired) electrons. The van der Waals surface area contributed by atoms with Gasteiger partial charge in [0.1, 0.15) is 4.91 Å². The summed E-state index contributed by atoms with van der Waals surface area (Å²) >= 11 is 4.40. The number of hydrogen-bond acceptors (Lipinski definition) is 6. The zero-order valence-corrected chi connectivity index (χ0v) is 14.6. The van der Waals surface area contributed by atoms with Gasteiger partial charge in [0.25, 0.3) is 10.0 Å². The Hall–Kier alpha value is -1.91. The van der Waals surface area contributed by atoms with Gasteiger partial charge >= 0.3 is 5.97 Å². The van der Waals surface area contributed by atoms with Crippen molar-refractivity contribution in [2.75, 3.05) is 4.72 Å². The van der Waals surface area contributed by atoms with Crippen LogP contribution in [0.1, 0.15) is 10.4 Å². The van der Waals surface area contributed by atoms with Crippen LogP contribution in [0.25, 0.3) is 0 Å². The summed E-state index contributed by atoms with van der Waals surface area (Å²) in [5, 5.41) is 9.23. The Bertz CT molecular complexity index is 877. The first-order valence-electron chi connectivity index (χ1n) is 6.25. The number of nitrogens with zero attached hydrogens (tertiary/aromatic N) is 1. The molecule has 2 aliphatic rings. The number of carboxylic acids is 1. The van der Waals surface area contributed by atoms with Gasteiger partial charge in [-0.25, -0.2) is 13.2 Å². The molecular weight excluding hydrogens is 406 g/mol. The van der Waals surface area contributed by atoms with Crippen LogP contribution in [0.15, 0.2) is 57.8 Å². The molecule has 0 amide bonds. The number of benzene rings is 1. The number of aromatic carboxylic acids is 1. The van der Waals surface area contributed by atoms with E-state index in [9.17, 15) is 18.3 Å². The van der Waals surface area contributed by atoms with Crippen LogP contribution < -0.4 is 9.44 Å². The van der Waals surface area contributed by atoms with Crippen molar-refractivity contribution in [1.29, 1.82) is 0 Å². The average Bonchev–Trinajstić information content (AvgIpc) is 2.96. The van der Waals surface area contributed by atoms with Crippen LogP contribution in [0.3, 0.4) is 0 Å². The minimum Gasteiger partial charge on any atom is -0.478 e. The predicted octanol–water partition coefficient (Wildman–Crippen LogP) is 2.61. The molecule has 0 bridgehead atoms. The van der Waals surface area contributed by atoms with E-state index in [1.54, 1.807) is 28.8 Å². The Labute approximate surface area is 145 Å². The van der Waals surface area contributed by atoms with E-state index in [4.69, 9.17) is 0 Å². The number of carbonyl (C=O) groups is 1. The van der Waals surface area contributed by atoms with Gasteiger partial charge in [0, 0.05) is 16.9 Å². The topological polar surface area (TPSA) is 98.7 Å². The number of fused-ring (bicyclic) bond motifs is 1. The van der Waals surface area contributed by atoms with Crippen LogP contribution in [0.5, 0.6) is 0 Å². The van der Waals surface area contributed by atoms with Gasteiger partial charge in [0.15, 0.2) is 0 Å². The molecule has 0 spiro atoms. The van der Waals surface area contributed by atoms with Gasteiger partial charge in [-0.1, -0.05) is 15.9 Å². The number of hydrogen-bond donors (Lipinski definition) is 3. The van der Waals surface area contributed by atoms with Gasteiger partial charge in [-0.3, -0.25) is 9.03 Å². The summed E-state index contributed by atoms with van der Waals surface area (Å²) in [6, 6.07) is 4.31. The largest absolute Gasteiger partial charge is 0.478 e. The molecule has 2 heterocycles. The van der Waals surface area contributed by atoms with Crippen LogP contribution in [-0.4, -0.2) is 23.8 Å². The molecule has 0 saturated carbocycles. The van der Waals surface area contributed by atoms with Crippen LogP contribution in [-0.2, 0) is 10.0 Å². The smallest absolute Gasteiger partial charge is 0.337 e. The summed E-state index contributed by atoms with van der Waals surface area (Å²) in [6.07, 6.45) is 6.35. The third-order valence-corrected chi connectivity index (χ3v) is 5.70. The zero-order valence-electron chi connectivity index (χ0n) is 11.4. The zero-order chi connectivity index (χ0) is 16.6. The van der Waals surface area contributed by atoms with Gasteiger partial charge in [-0.15, -0.1) is 0 Å². The predicted molar refractivity (Wildman–Crippen MR) is 91.5 cm³/mol. The Morgan fingerprint density at radius 3 is 2.91 bits per heavy atom. The van der Waals surface area contributed by atoms with E-state index < -0.39 is 16.0 Å². The minimum absolute atomic E-state index is 0.00177. The molecule has 1 aromatic rings. The lowest BCUT2D eigenvalue weighted by Crippen LogP contribution is -2.22. The molecule has 120 valence electrons. The first-order chi connectivity index (χ1) is 10.9. The number of allylic oxidation sites excluding steroid dienone is 2. The maximum atomic E-state index is 12.6. The van der Waals surface area contributed by atoms with E-state index >= 15 is 0 Å². The van der Waals surface area contributed by atoms with E-state index in [0.717, 1.165) is 0 Å². The molecule has 2 aliphatic heterocycles. The van der Waals surface area contributed by atoms with Crippen molar-refractivity contribution in [3.05, 3.63) is 63.4 Å². The fraction of sp³-hybridized carbons (Fsp3) is 0. The third-order valence-electron chi connectivity index (χ3n) is 3.05. The summed E-state index contributed by atoms with van der Waals surface area (Å²) < 4.78 is 32.7. The third kappa shape index (κ3) is 3.09. The van der Waals surface area contributed by atoms with Crippen molar-refractivity contribution in [3.63, 3.8) is 0 Å². The van der Waals surface area contributed by atoms with Crippen molar-refractivity contribution in [1.82, 2.24) is 9.03 Å². The lowest BCUT2D eigenvalue weighted by Gasteiger charge is -2.21. The van der Waals surface area contributed by atoms with Crippen LogP contribution in [0, 0.1) is 0 Å². The number of halogens is 1. The molecule has 0 aromatic heterocycles. The highest BCUT2D eigenvalue weighted by Gasteiger charge is 2.30. The summed E-state index contributed by atoms with van der Waals surface area (Å²) in [6.45, 7) is 0. The maximum Gasteiger partial charge on any atom is 0.337 e. The standard InChI is InChI=1S/C13H10BrN3O4S2/c14-8-3-4-10(9(6-8)13(18)19)16-23(20,21)12-2-1-5-17-11(12)7-15-22-17/h1-7,15-16H,(H,18,19). The molecule has 0 fully saturated rings. The van der Waals surface area contributed by atoms with Crippen molar-refractivity contribution >= 4 is 49.7 Å². The van der Waals surface area contributed by atoms with E-state index in [-0.39, 0.29) is 16.2 Å². The van der Waals surface area contributed by atoms with Crippen molar-refractivity contribution in [2.24, 2.45) is 0 Å². The molecule has 3 N–H and O–H groups in total. The number of anilines is 1. The van der Waals surface area contributed by atoms with Crippen molar-refractivity contribution in [2.45, 2.75) is 0 Å². The normalized spacial score (nSPS) is 16.3. The highest BCUT2D eigenvalue weighted by Crippen LogP contribution is 2.34. The van der Waals surface area contributed by atoms with E-state index in [2.05, 4.69) is 25.4 Å². The number of nitrogens with one attached hydrogen (secondary N) is 2. The van der Waals surface area contributed by atoms with E-state index in [1.165, 1.54) is 30.3 Å². The SMILES string of the molecule is O=C(O)c1cc(Br)ccc1NS(=O)(=O)C1=CC=CN2SNC=C12. The molecular formula is C13H10BrN3O4S2. The highest BCUT2D eigenvalue weighted by molar-refractivity contribution is 9.10. The molecule has 10 heteroatoms. The molecule has 0 aliphatic carbocycles. The Morgan fingerprint density at radius 1 is 1.39 bits per heavy atom. The monoisotopic (exact) mass is 415 g/mol. The van der Waals surface area contributed by atoms with Gasteiger partial charge < -0.3 is 9.83 Å². The van der Waals surface area contributed by atoms with Gasteiger partial charge in [-0.2, -0.15) is 0 Å². The summed E-state index contributed by atoms with van der Waals surface area (Å²) in [7, 11) is -3.94. The van der Waals surface area contributed by atoms with Gasteiger partial charge in [0.05, 0.1) is 29.1 Å². The fourth-order valence-electron chi connectivity index (χ4n) is 2.05. The second kappa shape index (κ2) is 5.95. The minimum atomic E-state index is -3.94. The van der Waals surface area contributed by atoms with E-state index in [0.29, 0.717) is 10.2 Å².